The van der Waals surface area contributed by atoms with Gasteiger partial charge in [0.25, 0.3) is 5.91 Å². The fraction of sp³-hybridized carbons (Fsp3) is 0.261. The Morgan fingerprint density at radius 3 is 2.29 bits per heavy atom. The lowest BCUT2D eigenvalue weighted by atomic mass is 10.1. The van der Waals surface area contributed by atoms with Crippen LogP contribution in [-0.4, -0.2) is 38.6 Å². The molecule has 1 aliphatic heterocycles. The van der Waals surface area contributed by atoms with E-state index in [-0.39, 0.29) is 11.9 Å². The Morgan fingerprint density at radius 1 is 0.964 bits per heavy atom. The van der Waals surface area contributed by atoms with E-state index >= 15 is 0 Å². The summed E-state index contributed by atoms with van der Waals surface area (Å²) in [4.78, 5) is 16.3. The van der Waals surface area contributed by atoms with Gasteiger partial charge in [-0.05, 0) is 36.4 Å². The molecule has 1 amide bonds. The molecule has 2 heterocycles. The lowest BCUT2D eigenvalue weighted by Crippen LogP contribution is -3.15. The highest BCUT2D eigenvalue weighted by Gasteiger charge is 2.31. The molecule has 2 N–H and O–H groups in total. The first kappa shape index (κ1) is 18.3. The summed E-state index contributed by atoms with van der Waals surface area (Å²) in [5.74, 6) is 0.885. The summed E-state index contributed by atoms with van der Waals surface area (Å²) >= 11 is 0. The van der Waals surface area contributed by atoms with Crippen molar-refractivity contribution in [1.82, 2.24) is 5.32 Å². The maximum Gasteiger partial charge on any atom is 0.251 e. The van der Waals surface area contributed by atoms with Gasteiger partial charge < -0.3 is 19.5 Å². The van der Waals surface area contributed by atoms with Crippen LogP contribution in [0.25, 0.3) is 0 Å². The van der Waals surface area contributed by atoms with Crippen LogP contribution >= 0.6 is 0 Å². The number of nitrogens with one attached hydrogen (secondary N) is 2. The highest BCUT2D eigenvalue weighted by Crippen LogP contribution is 2.15. The Balaban J connectivity index is 1.41. The Bertz CT molecular complexity index is 857. The van der Waals surface area contributed by atoms with Crippen molar-refractivity contribution in [2.75, 3.05) is 37.6 Å². The number of nitrogens with zero attached hydrogens (tertiary/aromatic N) is 1. The molecule has 0 aliphatic carbocycles. The third-order valence-corrected chi connectivity index (χ3v) is 5.41. The molecule has 0 saturated carbocycles. The van der Waals surface area contributed by atoms with Gasteiger partial charge >= 0.3 is 0 Å². The van der Waals surface area contributed by atoms with Gasteiger partial charge in [-0.2, -0.15) is 0 Å². The van der Waals surface area contributed by atoms with Crippen LogP contribution in [0.15, 0.2) is 83.5 Å². The molecule has 144 valence electrons. The molecule has 1 aliphatic rings. The van der Waals surface area contributed by atoms with Crippen LogP contribution in [0.5, 0.6) is 0 Å². The van der Waals surface area contributed by atoms with Crippen LogP contribution in [0.3, 0.4) is 0 Å². The molecule has 0 radical (unpaired) electrons. The van der Waals surface area contributed by atoms with Crippen molar-refractivity contribution in [2.24, 2.45) is 0 Å². The quantitative estimate of drug-likeness (QED) is 0.693. The van der Waals surface area contributed by atoms with Gasteiger partial charge in [0, 0.05) is 11.3 Å². The van der Waals surface area contributed by atoms with Gasteiger partial charge in [-0.1, -0.05) is 36.4 Å². The number of carbonyl (C=O) groups is 1. The molecule has 0 unspecified atom stereocenters. The van der Waals surface area contributed by atoms with Crippen LogP contribution < -0.4 is 15.1 Å². The van der Waals surface area contributed by atoms with E-state index in [9.17, 15) is 4.79 Å². The molecule has 5 nitrogen and oxygen atoms in total. The zero-order chi connectivity index (χ0) is 19.2. The lowest BCUT2D eigenvalue weighted by molar-refractivity contribution is -0.932. The molecule has 0 bridgehead atoms. The van der Waals surface area contributed by atoms with Gasteiger partial charge in [0.05, 0.1) is 39.0 Å². The first-order valence-corrected chi connectivity index (χ1v) is 9.82. The normalized spacial score (nSPS) is 15.9. The summed E-state index contributed by atoms with van der Waals surface area (Å²) in [6.07, 6.45) is 1.71. The van der Waals surface area contributed by atoms with Crippen LogP contribution in [0.2, 0.25) is 0 Å². The number of hydrogen-bond acceptors (Lipinski definition) is 3. The molecule has 5 heteroatoms. The molecule has 1 aromatic heterocycles. The number of anilines is 1. The number of quaternary nitrogens is 1. The van der Waals surface area contributed by atoms with Crippen LogP contribution in [0.1, 0.15) is 22.2 Å². The highest BCUT2D eigenvalue weighted by atomic mass is 16.3. The first-order chi connectivity index (χ1) is 13.8. The van der Waals surface area contributed by atoms with Crippen molar-refractivity contribution < 1.29 is 14.1 Å². The van der Waals surface area contributed by atoms with Crippen molar-refractivity contribution in [2.45, 2.75) is 6.04 Å². The fourth-order valence-corrected chi connectivity index (χ4v) is 3.86. The number of carbonyl (C=O) groups excluding carboxylic acids is 1. The minimum atomic E-state index is -0.0422. The number of para-hydroxylation sites is 1. The third kappa shape index (κ3) is 4.26. The number of furan rings is 1. The molecular weight excluding hydrogens is 350 g/mol. The fourth-order valence-electron chi connectivity index (χ4n) is 3.86. The summed E-state index contributed by atoms with van der Waals surface area (Å²) in [5, 5.41) is 3.09. The van der Waals surface area contributed by atoms with E-state index in [2.05, 4.69) is 34.5 Å². The van der Waals surface area contributed by atoms with Crippen LogP contribution in [0, 0.1) is 0 Å². The molecule has 1 atom stereocenters. The Hall–Kier alpha value is -3.05. The van der Waals surface area contributed by atoms with E-state index in [4.69, 9.17) is 4.42 Å². The molecule has 1 fully saturated rings. The summed E-state index contributed by atoms with van der Waals surface area (Å²) in [5.41, 5.74) is 1.96. The number of amides is 1. The molecule has 1 saturated heterocycles. The standard InChI is InChI=1S/C23H25N3O2/c27-23(19-8-3-1-4-9-19)24-18-21(22-12-7-17-28-22)26-15-13-25(14-16-26)20-10-5-2-6-11-20/h1-12,17,21H,13-16,18H2,(H,24,27)/p+1/t21-/m1/s1. The van der Waals surface area contributed by atoms with E-state index in [1.54, 1.807) is 6.26 Å². The number of hydrogen-bond donors (Lipinski definition) is 2. The van der Waals surface area contributed by atoms with Crippen molar-refractivity contribution in [3.8, 4) is 0 Å². The van der Waals surface area contributed by atoms with E-state index < -0.39 is 0 Å². The van der Waals surface area contributed by atoms with Gasteiger partial charge in [0.1, 0.15) is 0 Å². The largest absolute Gasteiger partial charge is 0.463 e. The Kier molecular flexibility index (Phi) is 5.73. The summed E-state index contributed by atoms with van der Waals surface area (Å²) in [7, 11) is 0. The average Bonchev–Trinajstić information content (AvgIpc) is 3.30. The Labute approximate surface area is 165 Å². The maximum atomic E-state index is 12.5. The molecular formula is C23H26N3O2+. The highest BCUT2D eigenvalue weighted by molar-refractivity contribution is 5.94. The van der Waals surface area contributed by atoms with E-state index in [0.29, 0.717) is 12.1 Å². The molecule has 2 aromatic carbocycles. The topological polar surface area (TPSA) is 49.9 Å². The minimum absolute atomic E-state index is 0.0422. The van der Waals surface area contributed by atoms with E-state index in [0.717, 1.165) is 31.9 Å². The predicted molar refractivity (Wildman–Crippen MR) is 110 cm³/mol. The molecule has 4 rings (SSSR count). The molecule has 28 heavy (non-hydrogen) atoms. The van der Waals surface area contributed by atoms with Crippen molar-refractivity contribution in [3.63, 3.8) is 0 Å². The average molecular weight is 376 g/mol. The minimum Gasteiger partial charge on any atom is -0.463 e. The molecule has 3 aromatic rings. The maximum absolute atomic E-state index is 12.5. The van der Waals surface area contributed by atoms with E-state index in [1.165, 1.54) is 10.6 Å². The Morgan fingerprint density at radius 2 is 1.64 bits per heavy atom. The van der Waals surface area contributed by atoms with E-state index in [1.807, 2.05) is 48.5 Å². The SMILES string of the molecule is O=C(NC[C@H](c1ccco1)[NH+]1CCN(c2ccccc2)CC1)c1ccccc1. The van der Waals surface area contributed by atoms with Gasteiger partial charge in [-0.15, -0.1) is 0 Å². The van der Waals surface area contributed by atoms with Gasteiger partial charge in [-0.25, -0.2) is 0 Å². The van der Waals surface area contributed by atoms with Crippen molar-refractivity contribution in [1.29, 1.82) is 0 Å². The smallest absolute Gasteiger partial charge is 0.251 e. The zero-order valence-corrected chi connectivity index (χ0v) is 15.9. The zero-order valence-electron chi connectivity index (χ0n) is 15.9. The van der Waals surface area contributed by atoms with Crippen LogP contribution in [-0.2, 0) is 0 Å². The number of benzene rings is 2. The first-order valence-electron chi connectivity index (χ1n) is 9.82. The summed E-state index contributed by atoms with van der Waals surface area (Å²) in [6, 6.07) is 23.9. The summed E-state index contributed by atoms with van der Waals surface area (Å²) in [6.45, 7) is 4.54. The number of rotatable bonds is 6. The predicted octanol–water partition coefficient (Wildman–Crippen LogP) is 2.16. The molecule has 0 spiro atoms. The van der Waals surface area contributed by atoms with Crippen LogP contribution in [0.4, 0.5) is 5.69 Å². The third-order valence-electron chi connectivity index (χ3n) is 5.41. The van der Waals surface area contributed by atoms with Gasteiger partial charge in [0.2, 0.25) is 0 Å². The van der Waals surface area contributed by atoms with Crippen molar-refractivity contribution in [3.05, 3.63) is 90.4 Å². The second kappa shape index (κ2) is 8.76. The summed E-state index contributed by atoms with van der Waals surface area (Å²) < 4.78 is 5.71. The second-order valence-corrected chi connectivity index (χ2v) is 7.12. The number of piperazine rings is 1. The lowest BCUT2D eigenvalue weighted by Gasteiger charge is -2.37. The van der Waals surface area contributed by atoms with Gasteiger partial charge in [-0.3, -0.25) is 4.79 Å². The van der Waals surface area contributed by atoms with Crippen molar-refractivity contribution >= 4 is 11.6 Å². The monoisotopic (exact) mass is 376 g/mol. The second-order valence-electron chi connectivity index (χ2n) is 7.12. The van der Waals surface area contributed by atoms with Gasteiger partial charge in [0.15, 0.2) is 11.8 Å².